The molecule has 0 bridgehead atoms. The number of carbonyl (C=O) groups is 1. The van der Waals surface area contributed by atoms with Crippen LogP contribution in [0.5, 0.6) is 0 Å². The third-order valence-corrected chi connectivity index (χ3v) is 6.04. The quantitative estimate of drug-likeness (QED) is 0.433. The minimum Gasteiger partial charge on any atom is -0.356 e. The SMILES string of the molecule is O=C(CCc1nc(N2CCCCC2)c2c(-c3ccccc3)noc2n1)NCc1ccc(F)cc1. The number of benzene rings is 2. The van der Waals surface area contributed by atoms with E-state index in [1.54, 1.807) is 12.1 Å². The van der Waals surface area contributed by atoms with Gasteiger partial charge in [0.25, 0.3) is 5.71 Å². The number of rotatable bonds is 7. The molecule has 8 heteroatoms. The van der Waals surface area contributed by atoms with Crippen molar-refractivity contribution in [3.8, 4) is 11.3 Å². The first-order chi connectivity index (χ1) is 16.7. The molecule has 2 aromatic heterocycles. The van der Waals surface area contributed by atoms with Crippen LogP contribution in [0, 0.1) is 5.82 Å². The number of halogens is 1. The fraction of sp³-hybridized carbons (Fsp3) is 0.308. The van der Waals surface area contributed by atoms with Gasteiger partial charge in [0.15, 0.2) is 0 Å². The first-order valence-electron chi connectivity index (χ1n) is 11.7. The molecule has 0 radical (unpaired) electrons. The van der Waals surface area contributed by atoms with E-state index >= 15 is 0 Å². The monoisotopic (exact) mass is 459 g/mol. The molecule has 0 spiro atoms. The highest BCUT2D eigenvalue weighted by atomic mass is 19.1. The fourth-order valence-corrected chi connectivity index (χ4v) is 4.24. The van der Waals surface area contributed by atoms with Gasteiger partial charge < -0.3 is 14.7 Å². The molecule has 174 valence electrons. The molecule has 1 aliphatic rings. The molecule has 0 saturated carbocycles. The van der Waals surface area contributed by atoms with Crippen LogP contribution in [0.25, 0.3) is 22.4 Å². The standard InChI is InChI=1S/C26H26FN5O2/c27-20-11-9-18(10-12-20)17-28-22(33)14-13-21-29-25(32-15-5-2-6-16-32)23-24(31-34-26(23)30-21)19-7-3-1-4-8-19/h1,3-4,7-12H,2,5-6,13-17H2,(H,28,33). The van der Waals surface area contributed by atoms with Crippen LogP contribution >= 0.6 is 0 Å². The van der Waals surface area contributed by atoms with Gasteiger partial charge >= 0.3 is 0 Å². The first-order valence-corrected chi connectivity index (χ1v) is 11.7. The summed E-state index contributed by atoms with van der Waals surface area (Å²) in [7, 11) is 0. The van der Waals surface area contributed by atoms with Crippen LogP contribution in [0.2, 0.25) is 0 Å². The van der Waals surface area contributed by atoms with E-state index in [-0.39, 0.29) is 18.1 Å². The molecule has 1 saturated heterocycles. The van der Waals surface area contributed by atoms with E-state index in [9.17, 15) is 9.18 Å². The second-order valence-corrected chi connectivity index (χ2v) is 8.49. The Balaban J connectivity index is 1.36. The number of nitrogens with zero attached hydrogens (tertiary/aromatic N) is 4. The van der Waals surface area contributed by atoms with Gasteiger partial charge in [-0.25, -0.2) is 9.37 Å². The number of hydrogen-bond donors (Lipinski definition) is 1. The maximum atomic E-state index is 13.1. The van der Waals surface area contributed by atoms with Crippen molar-refractivity contribution < 1.29 is 13.7 Å². The van der Waals surface area contributed by atoms with Gasteiger partial charge in [0.05, 0.1) is 0 Å². The van der Waals surface area contributed by atoms with Crippen LogP contribution in [0.3, 0.4) is 0 Å². The molecule has 0 unspecified atom stereocenters. The highest BCUT2D eigenvalue weighted by Gasteiger charge is 2.23. The average Bonchev–Trinajstić information content (AvgIpc) is 3.32. The topological polar surface area (TPSA) is 84.2 Å². The smallest absolute Gasteiger partial charge is 0.263 e. The van der Waals surface area contributed by atoms with E-state index in [0.29, 0.717) is 24.5 Å². The Morgan fingerprint density at radius 2 is 1.76 bits per heavy atom. The lowest BCUT2D eigenvalue weighted by Crippen LogP contribution is -2.30. The number of piperidine rings is 1. The Kier molecular flexibility index (Phi) is 6.46. The van der Waals surface area contributed by atoms with E-state index in [4.69, 9.17) is 9.51 Å². The summed E-state index contributed by atoms with van der Waals surface area (Å²) in [4.78, 5) is 24.1. The molecule has 1 N–H and O–H groups in total. The lowest BCUT2D eigenvalue weighted by molar-refractivity contribution is -0.121. The van der Waals surface area contributed by atoms with Crippen molar-refractivity contribution in [3.05, 3.63) is 71.8 Å². The van der Waals surface area contributed by atoms with Gasteiger partial charge in [-0.1, -0.05) is 47.6 Å². The van der Waals surface area contributed by atoms with Gasteiger partial charge in [-0.3, -0.25) is 4.79 Å². The molecule has 4 aromatic rings. The Bertz CT molecular complexity index is 1270. The first kappa shape index (κ1) is 22.0. The van der Waals surface area contributed by atoms with Crippen LogP contribution < -0.4 is 10.2 Å². The second kappa shape index (κ2) is 9.99. The fourth-order valence-electron chi connectivity index (χ4n) is 4.24. The number of fused-ring (bicyclic) bond motifs is 1. The maximum Gasteiger partial charge on any atom is 0.263 e. The minimum absolute atomic E-state index is 0.116. The number of carbonyl (C=O) groups excluding carboxylic acids is 1. The van der Waals surface area contributed by atoms with Crippen molar-refractivity contribution in [3.63, 3.8) is 0 Å². The maximum absolute atomic E-state index is 13.1. The lowest BCUT2D eigenvalue weighted by Gasteiger charge is -2.28. The average molecular weight is 460 g/mol. The van der Waals surface area contributed by atoms with Crippen molar-refractivity contribution in [2.24, 2.45) is 0 Å². The molecule has 1 aliphatic heterocycles. The summed E-state index contributed by atoms with van der Waals surface area (Å²) in [6.07, 6.45) is 4.05. The molecule has 34 heavy (non-hydrogen) atoms. The van der Waals surface area contributed by atoms with E-state index in [1.807, 2.05) is 30.3 Å². The van der Waals surface area contributed by atoms with E-state index in [0.717, 1.165) is 54.0 Å². The summed E-state index contributed by atoms with van der Waals surface area (Å²) >= 11 is 0. The summed E-state index contributed by atoms with van der Waals surface area (Å²) < 4.78 is 18.7. The van der Waals surface area contributed by atoms with Crippen LogP contribution in [0.1, 0.15) is 37.1 Å². The van der Waals surface area contributed by atoms with Crippen LogP contribution in [-0.2, 0) is 17.8 Å². The summed E-state index contributed by atoms with van der Waals surface area (Å²) in [6.45, 7) is 2.19. The Labute approximate surface area is 197 Å². The minimum atomic E-state index is -0.296. The van der Waals surface area contributed by atoms with Crippen LogP contribution in [0.15, 0.2) is 59.1 Å². The molecule has 1 amide bonds. The number of aromatic nitrogens is 3. The summed E-state index contributed by atoms with van der Waals surface area (Å²) in [6, 6.07) is 16.0. The number of aryl methyl sites for hydroxylation is 1. The van der Waals surface area contributed by atoms with Crippen molar-refractivity contribution in [2.75, 3.05) is 18.0 Å². The molecule has 7 nitrogen and oxygen atoms in total. The van der Waals surface area contributed by atoms with Gasteiger partial charge in [-0.15, -0.1) is 0 Å². The molecule has 0 aliphatic carbocycles. The number of amides is 1. The van der Waals surface area contributed by atoms with Crippen molar-refractivity contribution in [1.29, 1.82) is 0 Å². The van der Waals surface area contributed by atoms with E-state index in [2.05, 4.69) is 20.4 Å². The Morgan fingerprint density at radius 3 is 2.53 bits per heavy atom. The molecule has 0 atom stereocenters. The van der Waals surface area contributed by atoms with E-state index in [1.165, 1.54) is 18.6 Å². The third kappa shape index (κ3) is 4.90. The van der Waals surface area contributed by atoms with Gasteiger partial charge in [0.1, 0.15) is 28.5 Å². The predicted molar refractivity (Wildman–Crippen MR) is 128 cm³/mol. The number of anilines is 1. The summed E-state index contributed by atoms with van der Waals surface area (Å²) in [5.74, 6) is 0.970. The Morgan fingerprint density at radius 1 is 1.00 bits per heavy atom. The third-order valence-electron chi connectivity index (χ3n) is 6.04. The molecule has 5 rings (SSSR count). The molecule has 3 heterocycles. The predicted octanol–water partition coefficient (Wildman–Crippen LogP) is 4.66. The van der Waals surface area contributed by atoms with Crippen molar-refractivity contribution in [1.82, 2.24) is 20.4 Å². The highest BCUT2D eigenvalue weighted by Crippen LogP contribution is 2.34. The molecular formula is C26H26FN5O2. The normalized spacial score (nSPS) is 13.9. The van der Waals surface area contributed by atoms with Gasteiger partial charge in [0.2, 0.25) is 5.91 Å². The molecule has 1 fully saturated rings. The summed E-state index contributed by atoms with van der Waals surface area (Å²) in [5, 5.41) is 8.00. The van der Waals surface area contributed by atoms with Gasteiger partial charge in [0, 0.05) is 38.0 Å². The number of nitrogens with one attached hydrogen (secondary N) is 1. The lowest BCUT2D eigenvalue weighted by atomic mass is 10.1. The second-order valence-electron chi connectivity index (χ2n) is 8.49. The Hall–Kier alpha value is -3.81. The zero-order valence-electron chi connectivity index (χ0n) is 18.8. The van der Waals surface area contributed by atoms with Gasteiger partial charge in [-0.2, -0.15) is 4.98 Å². The summed E-state index contributed by atoms with van der Waals surface area (Å²) in [5.41, 5.74) is 2.97. The van der Waals surface area contributed by atoms with Crippen LogP contribution in [0.4, 0.5) is 10.2 Å². The van der Waals surface area contributed by atoms with Crippen LogP contribution in [-0.4, -0.2) is 34.1 Å². The van der Waals surface area contributed by atoms with E-state index < -0.39 is 0 Å². The molecule has 2 aromatic carbocycles. The number of hydrogen-bond acceptors (Lipinski definition) is 6. The van der Waals surface area contributed by atoms with Crippen molar-refractivity contribution >= 4 is 22.8 Å². The zero-order valence-corrected chi connectivity index (χ0v) is 18.8. The highest BCUT2D eigenvalue weighted by molar-refractivity contribution is 5.98. The van der Waals surface area contributed by atoms with Gasteiger partial charge in [-0.05, 0) is 37.0 Å². The van der Waals surface area contributed by atoms with Crippen molar-refractivity contribution in [2.45, 2.75) is 38.6 Å². The largest absolute Gasteiger partial charge is 0.356 e. The zero-order chi connectivity index (χ0) is 23.3. The molecular weight excluding hydrogens is 433 g/mol.